The maximum atomic E-state index is 14.1. The maximum absolute atomic E-state index is 14.1. The van der Waals surface area contributed by atoms with Gasteiger partial charge in [-0.2, -0.15) is 0 Å². The van der Waals surface area contributed by atoms with E-state index in [-0.39, 0.29) is 10.0 Å². The summed E-state index contributed by atoms with van der Waals surface area (Å²) in [5, 5.41) is 2.86. The summed E-state index contributed by atoms with van der Waals surface area (Å²) in [5.41, 5.74) is 0.461. The van der Waals surface area contributed by atoms with E-state index in [2.05, 4.69) is 21.2 Å². The van der Waals surface area contributed by atoms with Crippen molar-refractivity contribution in [1.82, 2.24) is 5.32 Å². The van der Waals surface area contributed by atoms with Crippen LogP contribution < -0.4 is 5.32 Å². The van der Waals surface area contributed by atoms with E-state index in [1.807, 2.05) is 0 Å². The van der Waals surface area contributed by atoms with Gasteiger partial charge in [0.25, 0.3) is 0 Å². The zero-order valence-electron chi connectivity index (χ0n) is 9.61. The molecule has 1 N–H and O–H groups in total. The minimum atomic E-state index is -0.700. The number of nitrogens with one attached hydrogen (secondary N) is 1. The fourth-order valence-electron chi connectivity index (χ4n) is 1.81. The van der Waals surface area contributed by atoms with Gasteiger partial charge in [-0.1, -0.05) is 23.2 Å². The molecule has 19 heavy (non-hydrogen) atoms. The topological polar surface area (TPSA) is 12.0 Å². The molecule has 0 aliphatic carbocycles. The standard InChI is InChI=1S/C12H8BrCl2F2NS/c1-18-11(5-4-8(14)19-12(5)15)9-7(16)3-2-6(13)10(9)17/h2-4,11,18H,1H3. The highest BCUT2D eigenvalue weighted by atomic mass is 79.9. The minimum absolute atomic E-state index is 0.0896. The van der Waals surface area contributed by atoms with E-state index in [4.69, 9.17) is 23.2 Å². The van der Waals surface area contributed by atoms with Crippen LogP contribution in [0.1, 0.15) is 17.2 Å². The van der Waals surface area contributed by atoms with Gasteiger partial charge >= 0.3 is 0 Å². The van der Waals surface area contributed by atoms with Gasteiger partial charge in [-0.3, -0.25) is 0 Å². The lowest BCUT2D eigenvalue weighted by Crippen LogP contribution is -2.20. The average Bonchev–Trinajstić information content (AvgIpc) is 2.69. The molecule has 1 atom stereocenters. The van der Waals surface area contributed by atoms with Crippen LogP contribution in [0.5, 0.6) is 0 Å². The summed E-state index contributed by atoms with van der Waals surface area (Å²) in [7, 11) is 1.60. The Morgan fingerprint density at radius 2 is 2.00 bits per heavy atom. The minimum Gasteiger partial charge on any atom is -0.309 e. The number of hydrogen-bond donors (Lipinski definition) is 1. The van der Waals surface area contributed by atoms with E-state index in [1.165, 1.54) is 12.1 Å². The Morgan fingerprint density at radius 1 is 1.32 bits per heavy atom. The summed E-state index contributed by atoms with van der Waals surface area (Å²) in [4.78, 5) is 0. The smallest absolute Gasteiger partial charge is 0.145 e. The average molecular weight is 387 g/mol. The number of rotatable bonds is 3. The lowest BCUT2D eigenvalue weighted by Gasteiger charge is -2.18. The first-order valence-corrected chi connectivity index (χ1v) is 7.57. The maximum Gasteiger partial charge on any atom is 0.145 e. The number of hydrogen-bond acceptors (Lipinski definition) is 2. The van der Waals surface area contributed by atoms with Gasteiger partial charge in [0.1, 0.15) is 11.6 Å². The van der Waals surface area contributed by atoms with Gasteiger partial charge in [-0.15, -0.1) is 11.3 Å². The van der Waals surface area contributed by atoms with Gasteiger partial charge in [-0.25, -0.2) is 8.78 Å². The van der Waals surface area contributed by atoms with Crippen molar-refractivity contribution < 1.29 is 8.78 Å². The van der Waals surface area contributed by atoms with E-state index in [0.717, 1.165) is 11.3 Å². The van der Waals surface area contributed by atoms with Crippen molar-refractivity contribution in [3.8, 4) is 0 Å². The van der Waals surface area contributed by atoms with Gasteiger partial charge in [-0.05, 0) is 41.2 Å². The van der Waals surface area contributed by atoms with Crippen molar-refractivity contribution in [2.24, 2.45) is 0 Å². The van der Waals surface area contributed by atoms with Crippen LogP contribution in [0.4, 0.5) is 8.78 Å². The Hall–Kier alpha value is -0.200. The molecule has 2 rings (SSSR count). The third-order valence-electron chi connectivity index (χ3n) is 2.65. The fourth-order valence-corrected chi connectivity index (χ4v) is 3.69. The third-order valence-corrected chi connectivity index (χ3v) is 4.78. The predicted molar refractivity (Wildman–Crippen MR) is 79.3 cm³/mol. The van der Waals surface area contributed by atoms with Crippen LogP contribution in [0.25, 0.3) is 0 Å². The van der Waals surface area contributed by atoms with Crippen molar-refractivity contribution in [2.75, 3.05) is 7.05 Å². The molecule has 0 bridgehead atoms. The Balaban J connectivity index is 2.61. The fraction of sp³-hybridized carbons (Fsp3) is 0.167. The molecular formula is C12H8BrCl2F2NS. The van der Waals surface area contributed by atoms with Crippen LogP contribution in [0.3, 0.4) is 0 Å². The second kappa shape index (κ2) is 6.06. The second-order valence-corrected chi connectivity index (χ2v) is 6.90. The predicted octanol–water partition coefficient (Wildman–Crippen LogP) is 5.40. The molecule has 1 aromatic heterocycles. The lowest BCUT2D eigenvalue weighted by atomic mass is 10.0. The number of thiophene rings is 1. The van der Waals surface area contributed by atoms with E-state index in [0.29, 0.717) is 14.2 Å². The lowest BCUT2D eigenvalue weighted by molar-refractivity contribution is 0.519. The molecule has 2 aromatic rings. The SMILES string of the molecule is CNC(c1cc(Cl)sc1Cl)c1c(F)ccc(Br)c1F. The van der Waals surface area contributed by atoms with Crippen LogP contribution in [0, 0.1) is 11.6 Å². The first-order chi connectivity index (χ1) is 8.95. The molecule has 0 radical (unpaired) electrons. The summed E-state index contributed by atoms with van der Waals surface area (Å²) in [6.07, 6.45) is 0. The zero-order valence-corrected chi connectivity index (χ0v) is 13.5. The van der Waals surface area contributed by atoms with Crippen molar-refractivity contribution in [3.05, 3.63) is 54.1 Å². The molecule has 0 fully saturated rings. The third kappa shape index (κ3) is 2.95. The number of halogens is 5. The molecule has 0 saturated heterocycles. The molecule has 0 aliphatic heterocycles. The first kappa shape index (κ1) is 15.2. The molecule has 0 aliphatic rings. The highest BCUT2D eigenvalue weighted by Gasteiger charge is 2.25. The highest BCUT2D eigenvalue weighted by molar-refractivity contribution is 9.10. The van der Waals surface area contributed by atoms with Gasteiger partial charge in [0, 0.05) is 11.1 Å². The molecule has 0 saturated carbocycles. The molecule has 0 spiro atoms. The van der Waals surface area contributed by atoms with Crippen molar-refractivity contribution in [2.45, 2.75) is 6.04 Å². The van der Waals surface area contributed by atoms with Crippen molar-refractivity contribution >= 4 is 50.5 Å². The van der Waals surface area contributed by atoms with Crippen LogP contribution in [-0.2, 0) is 0 Å². The van der Waals surface area contributed by atoms with Crippen LogP contribution in [-0.4, -0.2) is 7.05 Å². The largest absolute Gasteiger partial charge is 0.309 e. The van der Waals surface area contributed by atoms with Gasteiger partial charge < -0.3 is 5.32 Å². The van der Waals surface area contributed by atoms with Crippen LogP contribution in [0.15, 0.2) is 22.7 Å². The zero-order chi connectivity index (χ0) is 14.2. The van der Waals surface area contributed by atoms with Crippen molar-refractivity contribution in [3.63, 3.8) is 0 Å². The van der Waals surface area contributed by atoms with Gasteiger partial charge in [0.2, 0.25) is 0 Å². The molecule has 1 heterocycles. The molecule has 102 valence electrons. The van der Waals surface area contributed by atoms with Crippen molar-refractivity contribution in [1.29, 1.82) is 0 Å². The van der Waals surface area contributed by atoms with Crippen LogP contribution in [0.2, 0.25) is 8.67 Å². The Kier molecular flexibility index (Phi) is 4.84. The summed E-state index contributed by atoms with van der Waals surface area (Å²) in [6, 6.07) is 3.43. The Labute approximate surface area is 131 Å². The van der Waals surface area contributed by atoms with E-state index in [9.17, 15) is 8.78 Å². The molecule has 1 aromatic carbocycles. The Bertz CT molecular complexity index is 618. The Morgan fingerprint density at radius 3 is 2.53 bits per heavy atom. The summed E-state index contributed by atoms with van der Waals surface area (Å²) < 4.78 is 29.1. The molecule has 7 heteroatoms. The second-order valence-electron chi connectivity index (χ2n) is 3.76. The molecule has 1 unspecified atom stereocenters. The van der Waals surface area contributed by atoms with E-state index in [1.54, 1.807) is 13.1 Å². The van der Waals surface area contributed by atoms with Gasteiger partial charge in [0.05, 0.1) is 19.2 Å². The van der Waals surface area contributed by atoms with E-state index >= 15 is 0 Å². The van der Waals surface area contributed by atoms with Crippen LogP contribution >= 0.6 is 50.5 Å². The van der Waals surface area contributed by atoms with E-state index < -0.39 is 17.7 Å². The normalized spacial score (nSPS) is 12.7. The van der Waals surface area contributed by atoms with Gasteiger partial charge in [0.15, 0.2) is 0 Å². The summed E-state index contributed by atoms with van der Waals surface area (Å²) in [6.45, 7) is 0. The highest BCUT2D eigenvalue weighted by Crippen LogP contribution is 2.39. The molecule has 1 nitrogen and oxygen atoms in total. The quantitative estimate of drug-likeness (QED) is 0.696. The number of benzene rings is 1. The monoisotopic (exact) mass is 385 g/mol. The molecule has 0 amide bonds. The molecular weight excluding hydrogens is 379 g/mol. The summed E-state index contributed by atoms with van der Waals surface area (Å²) in [5.74, 6) is -1.30. The first-order valence-electron chi connectivity index (χ1n) is 5.21. The summed E-state index contributed by atoms with van der Waals surface area (Å²) >= 11 is 16.1.